The molecule has 1 aromatic carbocycles. The van der Waals surface area contributed by atoms with Crippen molar-refractivity contribution in [2.75, 3.05) is 6.54 Å². The van der Waals surface area contributed by atoms with Gasteiger partial charge in [-0.25, -0.2) is 18.1 Å². The zero-order valence-electron chi connectivity index (χ0n) is 8.80. The molecule has 0 saturated carbocycles. The molecular formula is C10H12N2O2S2. The molecule has 4 nitrogen and oxygen atoms in total. The third-order valence-corrected chi connectivity index (χ3v) is 4.37. The number of hydrogen-bond acceptors (Lipinski definition) is 4. The van der Waals surface area contributed by atoms with E-state index in [1.807, 2.05) is 18.2 Å². The summed E-state index contributed by atoms with van der Waals surface area (Å²) < 4.78 is 26.6. The van der Waals surface area contributed by atoms with E-state index in [0.29, 0.717) is 6.54 Å². The Morgan fingerprint density at radius 3 is 3.00 bits per heavy atom. The number of rotatable bonds is 4. The second kappa shape index (κ2) is 4.48. The molecule has 1 N–H and O–H groups in total. The van der Waals surface area contributed by atoms with Gasteiger partial charge in [-0.3, -0.25) is 0 Å². The maximum Gasteiger partial charge on any atom is 0.215 e. The number of sulfonamides is 1. The highest BCUT2D eigenvalue weighted by Gasteiger charge is 2.10. The lowest BCUT2D eigenvalue weighted by molar-refractivity contribution is 0.583. The van der Waals surface area contributed by atoms with Gasteiger partial charge in [0, 0.05) is 6.54 Å². The van der Waals surface area contributed by atoms with Gasteiger partial charge in [-0.1, -0.05) is 13.0 Å². The molecule has 2 aromatic rings. The molecule has 0 unspecified atom stereocenters. The van der Waals surface area contributed by atoms with Crippen LogP contribution in [-0.2, 0) is 15.8 Å². The molecule has 6 heteroatoms. The van der Waals surface area contributed by atoms with Gasteiger partial charge >= 0.3 is 0 Å². The van der Waals surface area contributed by atoms with Crippen LogP contribution in [0.5, 0.6) is 0 Å². The fourth-order valence-corrected chi connectivity index (χ4v) is 3.30. The monoisotopic (exact) mass is 256 g/mol. The number of hydrogen-bond donors (Lipinski definition) is 1. The number of nitrogens with zero attached hydrogens (tertiary/aromatic N) is 1. The van der Waals surface area contributed by atoms with Crippen LogP contribution in [0.25, 0.3) is 10.2 Å². The summed E-state index contributed by atoms with van der Waals surface area (Å²) in [7, 11) is -3.21. The average molecular weight is 256 g/mol. The lowest BCUT2D eigenvalue weighted by Gasteiger charge is -2.04. The number of benzene rings is 1. The van der Waals surface area contributed by atoms with E-state index < -0.39 is 10.0 Å². The molecule has 0 aliphatic carbocycles. The lowest BCUT2D eigenvalue weighted by Crippen LogP contribution is -2.24. The first-order valence-corrected chi connectivity index (χ1v) is 7.43. The Hall–Kier alpha value is -0.980. The number of thiazole rings is 1. The van der Waals surface area contributed by atoms with Gasteiger partial charge in [-0.2, -0.15) is 0 Å². The third-order valence-electron chi connectivity index (χ3n) is 2.12. The molecule has 0 fully saturated rings. The van der Waals surface area contributed by atoms with Gasteiger partial charge in [0.1, 0.15) is 0 Å². The normalized spacial score (nSPS) is 12.1. The van der Waals surface area contributed by atoms with Gasteiger partial charge in [0.15, 0.2) is 0 Å². The zero-order valence-corrected chi connectivity index (χ0v) is 10.4. The van der Waals surface area contributed by atoms with Crippen molar-refractivity contribution in [3.63, 3.8) is 0 Å². The molecule has 1 heterocycles. The predicted molar refractivity (Wildman–Crippen MR) is 65.9 cm³/mol. The SMILES string of the molecule is CCNS(=O)(=O)Cc1ccc2scnc2c1. The summed E-state index contributed by atoms with van der Waals surface area (Å²) in [6, 6.07) is 5.56. The van der Waals surface area contributed by atoms with Crippen LogP contribution in [0, 0.1) is 0 Å². The van der Waals surface area contributed by atoms with Crippen LogP contribution in [0.4, 0.5) is 0 Å². The second-order valence-electron chi connectivity index (χ2n) is 3.41. The van der Waals surface area contributed by atoms with Crippen molar-refractivity contribution >= 4 is 31.6 Å². The largest absolute Gasteiger partial charge is 0.245 e. The Morgan fingerprint density at radius 2 is 2.25 bits per heavy atom. The molecule has 86 valence electrons. The van der Waals surface area contributed by atoms with Crippen LogP contribution in [0.3, 0.4) is 0 Å². The topological polar surface area (TPSA) is 59.1 Å². The first-order valence-electron chi connectivity index (χ1n) is 4.90. The molecular weight excluding hydrogens is 244 g/mol. The van der Waals surface area contributed by atoms with Crippen LogP contribution in [-0.4, -0.2) is 19.9 Å². The van der Waals surface area contributed by atoms with E-state index in [4.69, 9.17) is 0 Å². The van der Waals surface area contributed by atoms with Crippen molar-refractivity contribution < 1.29 is 8.42 Å². The summed E-state index contributed by atoms with van der Waals surface area (Å²) in [5.74, 6) is 0.00824. The Morgan fingerprint density at radius 1 is 1.44 bits per heavy atom. The fraction of sp³-hybridized carbons (Fsp3) is 0.300. The summed E-state index contributed by atoms with van der Waals surface area (Å²) in [5, 5.41) is 0. The first kappa shape index (κ1) is 11.5. The quantitative estimate of drug-likeness (QED) is 0.906. The molecule has 0 spiro atoms. The van der Waals surface area contributed by atoms with Crippen LogP contribution >= 0.6 is 11.3 Å². The molecule has 1 aromatic heterocycles. The maximum absolute atomic E-state index is 11.5. The summed E-state index contributed by atoms with van der Waals surface area (Å²) in [6.07, 6.45) is 0. The highest BCUT2D eigenvalue weighted by atomic mass is 32.2. The van der Waals surface area contributed by atoms with Crippen molar-refractivity contribution in [2.45, 2.75) is 12.7 Å². The lowest BCUT2D eigenvalue weighted by atomic mass is 10.2. The number of aromatic nitrogens is 1. The summed E-state index contributed by atoms with van der Waals surface area (Å²) in [4.78, 5) is 4.16. The van der Waals surface area contributed by atoms with Crippen molar-refractivity contribution in [3.05, 3.63) is 29.3 Å². The Labute approximate surface area is 98.4 Å². The van der Waals surface area contributed by atoms with E-state index >= 15 is 0 Å². The van der Waals surface area contributed by atoms with E-state index in [1.165, 1.54) is 0 Å². The Kier molecular flexibility index (Phi) is 3.22. The smallest absolute Gasteiger partial charge is 0.215 e. The summed E-state index contributed by atoms with van der Waals surface area (Å²) >= 11 is 1.55. The van der Waals surface area contributed by atoms with Crippen LogP contribution in [0.1, 0.15) is 12.5 Å². The van der Waals surface area contributed by atoms with E-state index in [9.17, 15) is 8.42 Å². The standard InChI is InChI=1S/C10H12N2O2S2/c1-2-12-16(13,14)6-8-3-4-10-9(5-8)11-7-15-10/h3-5,7,12H,2,6H2,1H3. The zero-order chi connectivity index (χ0) is 11.6. The first-order chi connectivity index (χ1) is 7.61. The van der Waals surface area contributed by atoms with Gasteiger partial charge in [0.05, 0.1) is 21.5 Å². The van der Waals surface area contributed by atoms with Crippen LogP contribution in [0.2, 0.25) is 0 Å². The Bertz CT molecular complexity index is 590. The van der Waals surface area contributed by atoms with Crippen molar-refractivity contribution in [1.29, 1.82) is 0 Å². The molecule has 0 aliphatic rings. The second-order valence-corrected chi connectivity index (χ2v) is 6.10. The molecule has 0 atom stereocenters. The molecule has 0 aliphatic heterocycles. The van der Waals surface area contributed by atoms with Crippen molar-refractivity contribution in [3.8, 4) is 0 Å². The molecule has 0 amide bonds. The molecule has 0 radical (unpaired) electrons. The van der Waals surface area contributed by atoms with Gasteiger partial charge in [-0.05, 0) is 17.7 Å². The van der Waals surface area contributed by atoms with E-state index in [-0.39, 0.29) is 5.75 Å². The number of nitrogens with one attached hydrogen (secondary N) is 1. The van der Waals surface area contributed by atoms with E-state index in [1.54, 1.807) is 23.8 Å². The van der Waals surface area contributed by atoms with Gasteiger partial charge in [-0.15, -0.1) is 11.3 Å². The average Bonchev–Trinajstić information content (AvgIpc) is 2.63. The minimum absolute atomic E-state index is 0.00824. The molecule has 0 bridgehead atoms. The van der Waals surface area contributed by atoms with E-state index in [0.717, 1.165) is 15.8 Å². The van der Waals surface area contributed by atoms with Crippen molar-refractivity contribution in [1.82, 2.24) is 9.71 Å². The summed E-state index contributed by atoms with van der Waals surface area (Å²) in [6.45, 7) is 2.18. The van der Waals surface area contributed by atoms with Gasteiger partial charge < -0.3 is 0 Å². The maximum atomic E-state index is 11.5. The Balaban J connectivity index is 2.27. The highest BCUT2D eigenvalue weighted by Crippen LogP contribution is 2.19. The molecule has 0 saturated heterocycles. The van der Waals surface area contributed by atoms with Gasteiger partial charge in [0.2, 0.25) is 10.0 Å². The minimum atomic E-state index is -3.21. The summed E-state index contributed by atoms with van der Waals surface area (Å²) in [5.41, 5.74) is 3.38. The predicted octanol–water partition coefficient (Wildman–Crippen LogP) is 1.74. The number of fused-ring (bicyclic) bond motifs is 1. The fourth-order valence-electron chi connectivity index (χ4n) is 1.48. The molecule has 2 rings (SSSR count). The van der Waals surface area contributed by atoms with Gasteiger partial charge in [0.25, 0.3) is 0 Å². The highest BCUT2D eigenvalue weighted by molar-refractivity contribution is 7.88. The van der Waals surface area contributed by atoms with Crippen LogP contribution < -0.4 is 4.72 Å². The van der Waals surface area contributed by atoms with E-state index in [2.05, 4.69) is 9.71 Å². The molecule has 16 heavy (non-hydrogen) atoms. The minimum Gasteiger partial charge on any atom is -0.245 e. The van der Waals surface area contributed by atoms with Crippen molar-refractivity contribution in [2.24, 2.45) is 0 Å². The van der Waals surface area contributed by atoms with Crippen LogP contribution in [0.15, 0.2) is 23.7 Å². The third kappa shape index (κ3) is 2.58.